The Morgan fingerprint density at radius 3 is 2.50 bits per heavy atom. The van der Waals surface area contributed by atoms with Crippen molar-refractivity contribution in [2.75, 3.05) is 37.7 Å². The zero-order chi connectivity index (χ0) is 19.1. The normalized spacial score (nSPS) is 21.5. The van der Waals surface area contributed by atoms with Crippen LogP contribution in [0.4, 0.5) is 9.80 Å². The van der Waals surface area contributed by atoms with Gasteiger partial charge in [-0.2, -0.15) is 0 Å². The zero-order valence-corrected chi connectivity index (χ0v) is 16.3. The van der Waals surface area contributed by atoms with Crippen LogP contribution >= 0.6 is 11.3 Å². The number of anilines is 1. The Kier molecular flexibility index (Phi) is 5.12. The molecular formula is C17H25N3O5S. The van der Waals surface area contributed by atoms with Crippen molar-refractivity contribution in [3.05, 3.63) is 10.7 Å². The highest BCUT2D eigenvalue weighted by atomic mass is 32.1. The summed E-state index contributed by atoms with van der Waals surface area (Å²) in [7, 11) is 0. The van der Waals surface area contributed by atoms with Crippen molar-refractivity contribution in [3.63, 3.8) is 0 Å². The van der Waals surface area contributed by atoms with Gasteiger partial charge in [-0.3, -0.25) is 0 Å². The summed E-state index contributed by atoms with van der Waals surface area (Å²) < 4.78 is 10.6. The van der Waals surface area contributed by atoms with E-state index in [-0.39, 0.29) is 23.7 Å². The first-order chi connectivity index (χ1) is 12.2. The van der Waals surface area contributed by atoms with Gasteiger partial charge in [0, 0.05) is 25.7 Å². The van der Waals surface area contributed by atoms with Crippen molar-refractivity contribution >= 4 is 28.4 Å². The van der Waals surface area contributed by atoms with E-state index in [1.165, 1.54) is 11.3 Å². The molecule has 3 heterocycles. The maximum atomic E-state index is 12.3. The first kappa shape index (κ1) is 18.9. The first-order valence-electron chi connectivity index (χ1n) is 8.72. The fourth-order valence-electron chi connectivity index (χ4n) is 2.97. The molecule has 3 rings (SSSR count). The number of carbonyl (C=O) groups is 2. The molecule has 0 spiro atoms. The molecule has 2 fully saturated rings. The van der Waals surface area contributed by atoms with Crippen molar-refractivity contribution in [2.45, 2.75) is 45.3 Å². The van der Waals surface area contributed by atoms with E-state index in [4.69, 9.17) is 9.47 Å². The number of aromatic nitrogens is 1. The van der Waals surface area contributed by atoms with Crippen LogP contribution < -0.4 is 4.90 Å². The third kappa shape index (κ3) is 3.93. The number of amides is 1. The average Bonchev–Trinajstić information content (AvgIpc) is 2.88. The van der Waals surface area contributed by atoms with Crippen LogP contribution in [0, 0.1) is 0 Å². The molecule has 1 N–H and O–H groups in total. The molecule has 1 atom stereocenters. The van der Waals surface area contributed by atoms with Crippen LogP contribution in [-0.2, 0) is 9.47 Å². The smallest absolute Gasteiger partial charge is 0.410 e. The molecule has 1 unspecified atom stereocenters. The number of hydrogen-bond acceptors (Lipinski definition) is 7. The molecule has 26 heavy (non-hydrogen) atoms. The van der Waals surface area contributed by atoms with Crippen LogP contribution in [0.5, 0.6) is 0 Å². The number of carboxylic acid groups (broad SMARTS) is 1. The Morgan fingerprint density at radius 1 is 1.31 bits per heavy atom. The highest BCUT2D eigenvalue weighted by Gasteiger charge is 2.35. The van der Waals surface area contributed by atoms with Gasteiger partial charge >= 0.3 is 12.1 Å². The number of rotatable bonds is 3. The molecule has 8 nitrogen and oxygen atoms in total. The molecule has 0 bridgehead atoms. The fraction of sp³-hybridized carbons (Fsp3) is 0.706. The first-order valence-corrected chi connectivity index (χ1v) is 9.53. The number of aromatic carboxylic acids is 1. The van der Waals surface area contributed by atoms with Gasteiger partial charge in [0.25, 0.3) is 0 Å². The Balaban J connectivity index is 1.73. The van der Waals surface area contributed by atoms with Crippen LogP contribution in [0.2, 0.25) is 0 Å². The maximum Gasteiger partial charge on any atom is 0.410 e. The van der Waals surface area contributed by atoms with Gasteiger partial charge in [-0.15, -0.1) is 11.3 Å². The molecule has 2 aliphatic rings. The van der Waals surface area contributed by atoms with Gasteiger partial charge in [-0.25, -0.2) is 14.6 Å². The lowest BCUT2D eigenvalue weighted by Crippen LogP contribution is -2.55. The van der Waals surface area contributed by atoms with Crippen molar-refractivity contribution in [1.82, 2.24) is 9.88 Å². The van der Waals surface area contributed by atoms with Gasteiger partial charge in [-0.05, 0) is 27.7 Å². The molecule has 2 aliphatic heterocycles. The van der Waals surface area contributed by atoms with Gasteiger partial charge in [0.1, 0.15) is 15.6 Å². The lowest BCUT2D eigenvalue weighted by molar-refractivity contribution is 0.00823. The van der Waals surface area contributed by atoms with Crippen molar-refractivity contribution in [2.24, 2.45) is 0 Å². The standard InChI is InChI=1S/C17H25N3O5S/c1-10-7-19(5-6-20(10)16(23)25-17(2,3)4)14-12(15(21)22)18-13(26-14)11-8-24-9-11/h10-11H,5-9H2,1-4H3,(H,21,22). The largest absolute Gasteiger partial charge is 0.476 e. The van der Waals surface area contributed by atoms with Gasteiger partial charge in [0.15, 0.2) is 5.69 Å². The minimum atomic E-state index is -1.02. The van der Waals surface area contributed by atoms with Gasteiger partial charge in [-0.1, -0.05) is 0 Å². The second-order valence-corrected chi connectivity index (χ2v) is 8.72. The van der Waals surface area contributed by atoms with Gasteiger partial charge < -0.3 is 24.4 Å². The number of thiazole rings is 1. The molecule has 1 aromatic heterocycles. The fourth-order valence-corrected chi connectivity index (χ4v) is 4.13. The minimum Gasteiger partial charge on any atom is -0.476 e. The van der Waals surface area contributed by atoms with Gasteiger partial charge in [0.05, 0.1) is 19.1 Å². The molecule has 1 aromatic rings. The van der Waals surface area contributed by atoms with E-state index in [1.54, 1.807) is 4.90 Å². The molecule has 0 aromatic carbocycles. The summed E-state index contributed by atoms with van der Waals surface area (Å²) in [6, 6.07) is -0.0853. The molecular weight excluding hydrogens is 358 g/mol. The SMILES string of the molecule is CC1CN(c2sc(C3COC3)nc2C(=O)O)CCN1C(=O)OC(C)(C)C. The number of piperazine rings is 1. The lowest BCUT2D eigenvalue weighted by Gasteiger charge is -2.40. The number of hydrogen-bond donors (Lipinski definition) is 1. The summed E-state index contributed by atoms with van der Waals surface area (Å²) in [5, 5.41) is 11.0. The summed E-state index contributed by atoms with van der Waals surface area (Å²) in [6.45, 7) is 10.2. The summed E-state index contributed by atoms with van der Waals surface area (Å²) in [5.74, 6) is -0.836. The van der Waals surface area contributed by atoms with E-state index < -0.39 is 11.6 Å². The maximum absolute atomic E-state index is 12.3. The van der Waals surface area contributed by atoms with Gasteiger partial charge in [0.2, 0.25) is 0 Å². The summed E-state index contributed by atoms with van der Waals surface area (Å²) in [4.78, 5) is 32.0. The minimum absolute atomic E-state index is 0.0853. The third-order valence-electron chi connectivity index (χ3n) is 4.36. The zero-order valence-electron chi connectivity index (χ0n) is 15.5. The van der Waals surface area contributed by atoms with Crippen molar-refractivity contribution in [3.8, 4) is 0 Å². The molecule has 2 saturated heterocycles. The molecule has 1 amide bonds. The van der Waals surface area contributed by atoms with Crippen molar-refractivity contribution < 1.29 is 24.2 Å². The topological polar surface area (TPSA) is 92.2 Å². The van der Waals surface area contributed by atoms with E-state index in [1.807, 2.05) is 32.6 Å². The predicted molar refractivity (Wildman–Crippen MR) is 97.2 cm³/mol. The predicted octanol–water partition coefficient (Wildman–Crippen LogP) is 2.40. The highest BCUT2D eigenvalue weighted by Crippen LogP contribution is 2.36. The number of carboxylic acids is 1. The molecule has 0 saturated carbocycles. The Bertz CT molecular complexity index is 695. The summed E-state index contributed by atoms with van der Waals surface area (Å²) >= 11 is 1.42. The van der Waals surface area contributed by atoms with E-state index in [0.29, 0.717) is 37.8 Å². The third-order valence-corrected chi connectivity index (χ3v) is 5.64. The monoisotopic (exact) mass is 383 g/mol. The van der Waals surface area contributed by atoms with E-state index in [2.05, 4.69) is 4.98 Å². The molecule has 9 heteroatoms. The number of nitrogens with zero attached hydrogens (tertiary/aromatic N) is 3. The number of ether oxygens (including phenoxy) is 2. The van der Waals surface area contributed by atoms with E-state index in [0.717, 1.165) is 5.01 Å². The summed E-state index contributed by atoms with van der Waals surface area (Å²) in [6.07, 6.45) is -0.334. The van der Waals surface area contributed by atoms with E-state index in [9.17, 15) is 14.7 Å². The van der Waals surface area contributed by atoms with E-state index >= 15 is 0 Å². The van der Waals surface area contributed by atoms with Crippen LogP contribution in [0.3, 0.4) is 0 Å². The van der Waals surface area contributed by atoms with Crippen LogP contribution in [0.1, 0.15) is 49.1 Å². The van der Waals surface area contributed by atoms with Crippen LogP contribution in [0.15, 0.2) is 0 Å². The molecule has 0 radical (unpaired) electrons. The Morgan fingerprint density at radius 2 is 2.00 bits per heavy atom. The average molecular weight is 383 g/mol. The lowest BCUT2D eigenvalue weighted by atomic mass is 10.1. The van der Waals surface area contributed by atoms with Crippen molar-refractivity contribution in [1.29, 1.82) is 0 Å². The van der Waals surface area contributed by atoms with Crippen LogP contribution in [-0.4, -0.2) is 71.5 Å². The quantitative estimate of drug-likeness (QED) is 0.857. The molecule has 0 aliphatic carbocycles. The Labute approximate surface area is 156 Å². The Hall–Kier alpha value is -1.87. The number of carbonyl (C=O) groups excluding carboxylic acids is 1. The van der Waals surface area contributed by atoms with Crippen LogP contribution in [0.25, 0.3) is 0 Å². The second kappa shape index (κ2) is 7.03. The highest BCUT2D eigenvalue weighted by molar-refractivity contribution is 7.16. The molecule has 144 valence electrons. The summed E-state index contributed by atoms with van der Waals surface area (Å²) in [5.41, 5.74) is -0.447. The second-order valence-electron chi connectivity index (χ2n) is 7.71.